The Morgan fingerprint density at radius 1 is 1.53 bits per heavy atom. The Hall–Kier alpha value is -1.05. The summed E-state index contributed by atoms with van der Waals surface area (Å²) in [5.74, 6) is 1.19. The second-order valence-corrected chi connectivity index (χ2v) is 4.12. The predicted molar refractivity (Wildman–Crippen MR) is 53.9 cm³/mol. The van der Waals surface area contributed by atoms with E-state index in [1.165, 1.54) is 7.11 Å². The normalized spacial score (nSPS) is 33.4. The summed E-state index contributed by atoms with van der Waals surface area (Å²) in [6, 6.07) is 0. The number of hydrogen-bond acceptors (Lipinski definition) is 4. The number of terminal acetylenes is 1. The van der Waals surface area contributed by atoms with Crippen molar-refractivity contribution in [3.8, 4) is 12.3 Å². The lowest BCUT2D eigenvalue weighted by molar-refractivity contribution is -0.184. The van der Waals surface area contributed by atoms with Crippen molar-refractivity contribution in [2.24, 2.45) is 0 Å². The van der Waals surface area contributed by atoms with E-state index < -0.39 is 23.5 Å². The molecule has 2 atom stereocenters. The van der Waals surface area contributed by atoms with E-state index in [9.17, 15) is 4.79 Å². The zero-order valence-corrected chi connectivity index (χ0v) is 9.49. The van der Waals surface area contributed by atoms with Gasteiger partial charge in [0.1, 0.15) is 6.10 Å². The molecule has 0 aromatic rings. The minimum absolute atomic E-state index is 0.315. The number of methoxy groups -OCH3 is 1. The minimum Gasteiger partial charge on any atom is -0.467 e. The van der Waals surface area contributed by atoms with Gasteiger partial charge in [0, 0.05) is 6.42 Å². The molecule has 0 N–H and O–H groups in total. The van der Waals surface area contributed by atoms with E-state index in [0.717, 1.165) is 0 Å². The Morgan fingerprint density at radius 3 is 2.60 bits per heavy atom. The van der Waals surface area contributed by atoms with Gasteiger partial charge >= 0.3 is 5.97 Å². The fraction of sp³-hybridized carbons (Fsp3) is 0.727. The average Bonchev–Trinajstić information content (AvgIpc) is 2.37. The standard InChI is InChI=1S/C11H16O4/c1-6-7-8-11(4,9(12)13-5)15-10(2,3)14-8/h1,8H,7H2,2-5H3/t8-,11-/m1/s1. The molecule has 15 heavy (non-hydrogen) atoms. The van der Waals surface area contributed by atoms with Crippen molar-refractivity contribution in [3.05, 3.63) is 0 Å². The molecule has 0 unspecified atom stereocenters. The molecular weight excluding hydrogens is 196 g/mol. The summed E-state index contributed by atoms with van der Waals surface area (Å²) in [6.45, 7) is 5.12. The lowest BCUT2D eigenvalue weighted by Crippen LogP contribution is -2.45. The molecule has 0 aromatic heterocycles. The van der Waals surface area contributed by atoms with Crippen molar-refractivity contribution >= 4 is 5.97 Å². The molecule has 1 heterocycles. The minimum atomic E-state index is -1.12. The van der Waals surface area contributed by atoms with Crippen LogP contribution in [0.3, 0.4) is 0 Å². The fourth-order valence-electron chi connectivity index (χ4n) is 1.77. The van der Waals surface area contributed by atoms with Crippen molar-refractivity contribution in [2.45, 2.75) is 44.7 Å². The molecule has 1 saturated heterocycles. The monoisotopic (exact) mass is 212 g/mol. The van der Waals surface area contributed by atoms with Crippen LogP contribution in [0.2, 0.25) is 0 Å². The third-order valence-corrected chi connectivity index (χ3v) is 2.39. The van der Waals surface area contributed by atoms with Crippen LogP contribution in [0.5, 0.6) is 0 Å². The highest BCUT2D eigenvalue weighted by Gasteiger charge is 2.55. The molecule has 1 aliphatic heterocycles. The molecule has 0 spiro atoms. The zero-order chi connectivity index (χ0) is 11.7. The highest BCUT2D eigenvalue weighted by Crippen LogP contribution is 2.38. The van der Waals surface area contributed by atoms with Crippen LogP contribution in [0.15, 0.2) is 0 Å². The number of carbonyl (C=O) groups excluding carboxylic acids is 1. The summed E-state index contributed by atoms with van der Waals surface area (Å²) >= 11 is 0. The van der Waals surface area contributed by atoms with Crippen LogP contribution in [0.4, 0.5) is 0 Å². The van der Waals surface area contributed by atoms with Gasteiger partial charge in [0.2, 0.25) is 0 Å². The summed E-state index contributed by atoms with van der Waals surface area (Å²) in [5, 5.41) is 0. The predicted octanol–water partition coefficient (Wildman–Crippen LogP) is 1.09. The van der Waals surface area contributed by atoms with Crippen molar-refractivity contribution in [1.82, 2.24) is 0 Å². The van der Waals surface area contributed by atoms with Gasteiger partial charge < -0.3 is 14.2 Å². The molecule has 1 rings (SSSR count). The maximum atomic E-state index is 11.6. The van der Waals surface area contributed by atoms with E-state index >= 15 is 0 Å². The number of esters is 1. The maximum Gasteiger partial charge on any atom is 0.340 e. The second kappa shape index (κ2) is 3.84. The Kier molecular flexibility index (Phi) is 3.08. The first-order valence-corrected chi connectivity index (χ1v) is 4.75. The van der Waals surface area contributed by atoms with Crippen LogP contribution >= 0.6 is 0 Å². The van der Waals surface area contributed by atoms with Gasteiger partial charge in [-0.25, -0.2) is 4.79 Å². The summed E-state index contributed by atoms with van der Waals surface area (Å²) in [7, 11) is 1.31. The molecule has 1 aliphatic rings. The summed E-state index contributed by atoms with van der Waals surface area (Å²) in [6.07, 6.45) is 5.07. The van der Waals surface area contributed by atoms with Gasteiger partial charge in [0.05, 0.1) is 7.11 Å². The lowest BCUT2D eigenvalue weighted by atomic mass is 9.97. The zero-order valence-electron chi connectivity index (χ0n) is 9.49. The van der Waals surface area contributed by atoms with E-state index in [4.69, 9.17) is 20.6 Å². The molecular formula is C11H16O4. The van der Waals surface area contributed by atoms with Gasteiger partial charge in [-0.1, -0.05) is 0 Å². The van der Waals surface area contributed by atoms with Gasteiger partial charge in [-0.05, 0) is 20.8 Å². The highest BCUT2D eigenvalue weighted by molar-refractivity contribution is 5.80. The molecule has 4 nitrogen and oxygen atoms in total. The molecule has 0 bridgehead atoms. The number of hydrogen-bond donors (Lipinski definition) is 0. The Labute approximate surface area is 89.9 Å². The average molecular weight is 212 g/mol. The third-order valence-electron chi connectivity index (χ3n) is 2.39. The van der Waals surface area contributed by atoms with Crippen LogP contribution in [0.1, 0.15) is 27.2 Å². The van der Waals surface area contributed by atoms with E-state index in [1.54, 1.807) is 20.8 Å². The van der Waals surface area contributed by atoms with Gasteiger partial charge in [0.15, 0.2) is 11.4 Å². The third kappa shape index (κ3) is 2.14. The number of ether oxygens (including phenoxy) is 3. The largest absolute Gasteiger partial charge is 0.467 e. The smallest absolute Gasteiger partial charge is 0.340 e. The molecule has 0 radical (unpaired) electrons. The molecule has 0 amide bonds. The Morgan fingerprint density at radius 2 is 2.13 bits per heavy atom. The van der Waals surface area contributed by atoms with E-state index in [-0.39, 0.29) is 0 Å². The van der Waals surface area contributed by atoms with E-state index in [1.807, 2.05) is 0 Å². The van der Waals surface area contributed by atoms with Gasteiger partial charge in [-0.15, -0.1) is 12.3 Å². The van der Waals surface area contributed by atoms with E-state index in [2.05, 4.69) is 5.92 Å². The summed E-state index contributed by atoms with van der Waals surface area (Å²) in [5.41, 5.74) is -1.12. The second-order valence-electron chi connectivity index (χ2n) is 4.12. The van der Waals surface area contributed by atoms with Gasteiger partial charge in [-0.3, -0.25) is 0 Å². The van der Waals surface area contributed by atoms with Crippen LogP contribution < -0.4 is 0 Å². The van der Waals surface area contributed by atoms with Crippen molar-refractivity contribution in [1.29, 1.82) is 0 Å². The van der Waals surface area contributed by atoms with Crippen molar-refractivity contribution in [3.63, 3.8) is 0 Å². The summed E-state index contributed by atoms with van der Waals surface area (Å²) < 4.78 is 15.8. The quantitative estimate of drug-likeness (QED) is 0.508. The van der Waals surface area contributed by atoms with E-state index in [0.29, 0.717) is 6.42 Å². The first-order chi connectivity index (χ1) is 6.85. The molecule has 84 valence electrons. The number of carbonyl (C=O) groups is 1. The van der Waals surface area contributed by atoms with Gasteiger partial charge in [-0.2, -0.15) is 0 Å². The fourth-order valence-corrected chi connectivity index (χ4v) is 1.77. The first kappa shape index (κ1) is 12.0. The maximum absolute atomic E-state index is 11.6. The van der Waals surface area contributed by atoms with Crippen LogP contribution in [-0.4, -0.2) is 30.6 Å². The molecule has 0 aliphatic carbocycles. The highest BCUT2D eigenvalue weighted by atomic mass is 16.8. The van der Waals surface area contributed by atoms with Crippen LogP contribution in [0, 0.1) is 12.3 Å². The Bertz CT molecular complexity index is 302. The number of rotatable bonds is 2. The first-order valence-electron chi connectivity index (χ1n) is 4.75. The summed E-state index contributed by atoms with van der Waals surface area (Å²) in [4.78, 5) is 11.6. The van der Waals surface area contributed by atoms with Crippen LogP contribution in [-0.2, 0) is 19.0 Å². The molecule has 4 heteroatoms. The topological polar surface area (TPSA) is 44.8 Å². The van der Waals surface area contributed by atoms with Crippen molar-refractivity contribution in [2.75, 3.05) is 7.11 Å². The molecule has 0 saturated carbocycles. The van der Waals surface area contributed by atoms with Crippen LogP contribution in [0.25, 0.3) is 0 Å². The molecule has 0 aromatic carbocycles. The van der Waals surface area contributed by atoms with Gasteiger partial charge in [0.25, 0.3) is 0 Å². The van der Waals surface area contributed by atoms with Crippen molar-refractivity contribution < 1.29 is 19.0 Å². The lowest BCUT2D eigenvalue weighted by Gasteiger charge is -2.24. The SMILES string of the molecule is C#CC[C@H]1OC(C)(C)O[C@@]1(C)C(=O)OC. The molecule has 1 fully saturated rings. The Balaban J connectivity index is 2.95.